The van der Waals surface area contributed by atoms with E-state index in [2.05, 4.69) is 21.7 Å². The Hall–Kier alpha value is -3.30. The van der Waals surface area contributed by atoms with Gasteiger partial charge in [-0.25, -0.2) is 17.8 Å². The molecular formula is C22H24N4O4S. The molecule has 0 fully saturated rings. The Morgan fingerprint density at radius 2 is 1.77 bits per heavy atom. The van der Waals surface area contributed by atoms with Gasteiger partial charge in [0.1, 0.15) is 0 Å². The van der Waals surface area contributed by atoms with Gasteiger partial charge in [-0.1, -0.05) is 36.4 Å². The first-order chi connectivity index (χ1) is 14.7. The Balaban J connectivity index is 1.85. The van der Waals surface area contributed by atoms with Crippen molar-refractivity contribution in [1.82, 2.24) is 14.5 Å². The SMILES string of the molecule is C=CCNS(=O)(=O)Cc1ccc(NC(=O)c2nn(C(C)C)c(=O)c3ccccc23)cc1. The number of carbonyl (C=O) groups is 1. The number of aromatic nitrogens is 2. The van der Waals surface area contributed by atoms with Crippen LogP contribution in [-0.2, 0) is 15.8 Å². The summed E-state index contributed by atoms with van der Waals surface area (Å²) < 4.78 is 27.7. The van der Waals surface area contributed by atoms with Crippen LogP contribution in [0.15, 0.2) is 66.0 Å². The molecule has 0 bridgehead atoms. The highest BCUT2D eigenvalue weighted by molar-refractivity contribution is 7.88. The minimum absolute atomic E-state index is 0.143. The van der Waals surface area contributed by atoms with E-state index >= 15 is 0 Å². The van der Waals surface area contributed by atoms with Gasteiger partial charge in [-0.15, -0.1) is 6.58 Å². The Morgan fingerprint density at radius 3 is 2.39 bits per heavy atom. The van der Waals surface area contributed by atoms with Crippen molar-refractivity contribution in [2.45, 2.75) is 25.6 Å². The van der Waals surface area contributed by atoms with Crippen molar-refractivity contribution in [2.24, 2.45) is 0 Å². The summed E-state index contributed by atoms with van der Waals surface area (Å²) in [7, 11) is -3.47. The van der Waals surface area contributed by atoms with Crippen LogP contribution in [0.3, 0.4) is 0 Å². The minimum atomic E-state index is -3.47. The van der Waals surface area contributed by atoms with Crippen molar-refractivity contribution in [1.29, 1.82) is 0 Å². The number of hydrogen-bond acceptors (Lipinski definition) is 5. The number of nitrogens with zero attached hydrogens (tertiary/aromatic N) is 2. The summed E-state index contributed by atoms with van der Waals surface area (Å²) in [5, 5.41) is 7.94. The van der Waals surface area contributed by atoms with Crippen molar-refractivity contribution in [2.75, 3.05) is 11.9 Å². The normalized spacial score (nSPS) is 11.6. The Labute approximate surface area is 180 Å². The molecule has 0 atom stereocenters. The van der Waals surface area contributed by atoms with Gasteiger partial charge in [0.15, 0.2) is 5.69 Å². The third-order valence-electron chi connectivity index (χ3n) is 4.55. The molecule has 8 nitrogen and oxygen atoms in total. The summed E-state index contributed by atoms with van der Waals surface area (Å²) in [5.74, 6) is -0.640. The number of benzene rings is 2. The van der Waals surface area contributed by atoms with Crippen LogP contribution in [-0.4, -0.2) is 30.7 Å². The van der Waals surface area contributed by atoms with Crippen LogP contribution in [0.5, 0.6) is 0 Å². The fraction of sp³-hybridized carbons (Fsp3) is 0.227. The van der Waals surface area contributed by atoms with Gasteiger partial charge in [-0.05, 0) is 37.6 Å². The van der Waals surface area contributed by atoms with E-state index in [1.807, 2.05) is 13.8 Å². The van der Waals surface area contributed by atoms with Gasteiger partial charge in [0.2, 0.25) is 10.0 Å². The van der Waals surface area contributed by atoms with E-state index in [9.17, 15) is 18.0 Å². The molecule has 162 valence electrons. The maximum atomic E-state index is 12.9. The van der Waals surface area contributed by atoms with E-state index in [4.69, 9.17) is 0 Å². The van der Waals surface area contributed by atoms with Crippen LogP contribution in [0.25, 0.3) is 10.8 Å². The quantitative estimate of drug-likeness (QED) is 0.524. The van der Waals surface area contributed by atoms with E-state index < -0.39 is 15.9 Å². The smallest absolute Gasteiger partial charge is 0.276 e. The second-order valence-electron chi connectivity index (χ2n) is 7.28. The standard InChI is InChI=1S/C22H24N4O4S/c1-4-13-23-31(29,30)14-16-9-11-17(12-10-16)24-21(27)20-18-7-5-6-8-19(18)22(28)26(25-20)15(2)3/h4-12,15,23H,1,13-14H2,2-3H3,(H,24,27). The highest BCUT2D eigenvalue weighted by Crippen LogP contribution is 2.18. The molecule has 0 unspecified atom stereocenters. The molecule has 1 aromatic heterocycles. The van der Waals surface area contributed by atoms with Crippen molar-refractivity contribution in [3.8, 4) is 0 Å². The lowest BCUT2D eigenvalue weighted by Crippen LogP contribution is -2.28. The Bertz CT molecular complexity index is 1280. The van der Waals surface area contributed by atoms with E-state index in [0.717, 1.165) is 0 Å². The third-order valence-corrected chi connectivity index (χ3v) is 5.87. The van der Waals surface area contributed by atoms with E-state index in [0.29, 0.717) is 22.0 Å². The monoisotopic (exact) mass is 440 g/mol. The molecule has 3 aromatic rings. The second kappa shape index (κ2) is 9.23. The average molecular weight is 441 g/mol. The maximum absolute atomic E-state index is 12.9. The van der Waals surface area contributed by atoms with Crippen LogP contribution in [0.2, 0.25) is 0 Å². The molecule has 0 spiro atoms. The molecule has 0 saturated heterocycles. The summed E-state index contributed by atoms with van der Waals surface area (Å²) in [4.78, 5) is 25.6. The number of hydrogen-bond donors (Lipinski definition) is 2. The molecule has 0 saturated carbocycles. The molecule has 3 rings (SSSR count). The first-order valence-electron chi connectivity index (χ1n) is 9.72. The van der Waals surface area contributed by atoms with Crippen LogP contribution in [0.4, 0.5) is 5.69 Å². The summed E-state index contributed by atoms with van der Waals surface area (Å²) in [5.41, 5.74) is 0.951. The van der Waals surface area contributed by atoms with Crippen molar-refractivity contribution >= 4 is 32.4 Å². The molecule has 0 radical (unpaired) electrons. The first-order valence-corrected chi connectivity index (χ1v) is 11.4. The Morgan fingerprint density at radius 1 is 1.13 bits per heavy atom. The predicted molar refractivity (Wildman–Crippen MR) is 122 cm³/mol. The van der Waals surface area contributed by atoms with Gasteiger partial charge >= 0.3 is 0 Å². The summed E-state index contributed by atoms with van der Waals surface area (Å²) in [6.45, 7) is 7.29. The van der Waals surface area contributed by atoms with Crippen LogP contribution in [0, 0.1) is 0 Å². The van der Waals surface area contributed by atoms with Crippen molar-refractivity contribution in [3.63, 3.8) is 0 Å². The maximum Gasteiger partial charge on any atom is 0.276 e. The van der Waals surface area contributed by atoms with Gasteiger partial charge in [0.05, 0.1) is 17.2 Å². The molecular weight excluding hydrogens is 416 g/mol. The molecule has 0 aliphatic heterocycles. The summed E-state index contributed by atoms with van der Waals surface area (Å²) in [6.07, 6.45) is 1.47. The highest BCUT2D eigenvalue weighted by Gasteiger charge is 2.18. The number of amides is 1. The number of nitrogens with one attached hydrogen (secondary N) is 2. The zero-order chi connectivity index (χ0) is 22.6. The van der Waals surface area contributed by atoms with Gasteiger partial charge in [-0.2, -0.15) is 5.10 Å². The second-order valence-corrected chi connectivity index (χ2v) is 9.09. The number of anilines is 1. The van der Waals surface area contributed by atoms with Crippen LogP contribution >= 0.6 is 0 Å². The van der Waals surface area contributed by atoms with E-state index in [-0.39, 0.29) is 29.6 Å². The van der Waals surface area contributed by atoms with Gasteiger partial charge in [0, 0.05) is 17.6 Å². The number of fused-ring (bicyclic) bond motifs is 1. The average Bonchev–Trinajstić information content (AvgIpc) is 2.73. The van der Waals surface area contributed by atoms with Gasteiger partial charge in [-0.3, -0.25) is 9.59 Å². The molecule has 1 heterocycles. The predicted octanol–water partition coefficient (Wildman–Crippen LogP) is 2.84. The van der Waals surface area contributed by atoms with Crippen molar-refractivity contribution in [3.05, 3.63) is 82.8 Å². The van der Waals surface area contributed by atoms with E-state index in [1.165, 1.54) is 10.8 Å². The fourth-order valence-electron chi connectivity index (χ4n) is 3.06. The molecule has 2 N–H and O–H groups in total. The number of rotatable bonds is 8. The lowest BCUT2D eigenvalue weighted by Gasteiger charge is -2.13. The number of carbonyl (C=O) groups excluding carboxylic acids is 1. The lowest BCUT2D eigenvalue weighted by atomic mass is 10.1. The zero-order valence-corrected chi connectivity index (χ0v) is 18.1. The first kappa shape index (κ1) is 22.4. The van der Waals surface area contributed by atoms with Gasteiger partial charge in [0.25, 0.3) is 11.5 Å². The largest absolute Gasteiger partial charge is 0.321 e. The molecule has 2 aromatic carbocycles. The van der Waals surface area contributed by atoms with Gasteiger partial charge < -0.3 is 5.32 Å². The van der Waals surface area contributed by atoms with E-state index in [1.54, 1.807) is 48.5 Å². The third kappa shape index (κ3) is 5.25. The summed E-state index contributed by atoms with van der Waals surface area (Å²) >= 11 is 0. The minimum Gasteiger partial charge on any atom is -0.321 e. The van der Waals surface area contributed by atoms with Crippen molar-refractivity contribution < 1.29 is 13.2 Å². The zero-order valence-electron chi connectivity index (χ0n) is 17.3. The molecule has 0 aliphatic rings. The highest BCUT2D eigenvalue weighted by atomic mass is 32.2. The number of sulfonamides is 1. The topological polar surface area (TPSA) is 110 Å². The Kier molecular flexibility index (Phi) is 6.67. The lowest BCUT2D eigenvalue weighted by molar-refractivity contribution is 0.102. The van der Waals surface area contributed by atoms with Crippen LogP contribution in [0.1, 0.15) is 35.9 Å². The fourth-order valence-corrected chi connectivity index (χ4v) is 4.16. The van der Waals surface area contributed by atoms with Crippen LogP contribution < -0.4 is 15.6 Å². The molecule has 1 amide bonds. The molecule has 9 heteroatoms. The molecule has 31 heavy (non-hydrogen) atoms. The molecule has 0 aliphatic carbocycles. The summed E-state index contributed by atoms with van der Waals surface area (Å²) in [6, 6.07) is 13.1.